The molecule has 59 heavy (non-hydrogen) atoms. The van der Waals surface area contributed by atoms with Crippen LogP contribution in [0.4, 0.5) is 28.8 Å². The van der Waals surface area contributed by atoms with E-state index >= 15 is 0 Å². The van der Waals surface area contributed by atoms with Gasteiger partial charge in [-0.25, -0.2) is 4.98 Å². The summed E-state index contributed by atoms with van der Waals surface area (Å²) < 4.78 is 29.4. The normalized spacial score (nSPS) is 17.2. The number of rotatable bonds is 17. The fourth-order valence-electron chi connectivity index (χ4n) is 7.58. The van der Waals surface area contributed by atoms with Crippen molar-refractivity contribution in [3.05, 3.63) is 83.0 Å². The number of anilines is 5. The molecule has 1 atom stereocenters. The summed E-state index contributed by atoms with van der Waals surface area (Å²) in [7, 11) is 0.727. The first kappa shape index (κ1) is 42.4. The van der Waals surface area contributed by atoms with Crippen LogP contribution in [0.1, 0.15) is 54.4 Å². The van der Waals surface area contributed by atoms with E-state index in [1.54, 1.807) is 48.0 Å². The molecule has 2 saturated heterocycles. The molecule has 18 heteroatoms. The molecular weight excluding hydrogens is 815 g/mol. The van der Waals surface area contributed by atoms with Crippen LogP contribution in [0.15, 0.2) is 71.8 Å². The maximum Gasteiger partial charge on any atom is 0.362 e. The van der Waals surface area contributed by atoms with Gasteiger partial charge in [0.1, 0.15) is 16.8 Å². The number of halogens is 1. The Balaban J connectivity index is 0.862. The Hall–Kier alpha value is -4.70. The molecule has 0 aliphatic carbocycles. The molecule has 1 aromatic heterocycles. The molecule has 3 aliphatic heterocycles. The number of ether oxygens (including phenoxy) is 1. The second-order valence-electron chi connectivity index (χ2n) is 14.4. The van der Waals surface area contributed by atoms with Gasteiger partial charge in [-0.3, -0.25) is 24.3 Å². The molecular formula is C41H48ClN8O7PS. The van der Waals surface area contributed by atoms with Crippen molar-refractivity contribution in [3.63, 3.8) is 0 Å². The molecule has 7 rings (SSSR count). The number of hydrogen-bond acceptors (Lipinski definition) is 14. The zero-order valence-electron chi connectivity index (χ0n) is 33.2. The molecule has 4 heterocycles. The van der Waals surface area contributed by atoms with Gasteiger partial charge in [0.05, 0.1) is 30.0 Å². The molecule has 0 saturated carbocycles. The highest BCUT2D eigenvalue weighted by Crippen LogP contribution is 2.47. The van der Waals surface area contributed by atoms with Crippen LogP contribution in [-0.4, -0.2) is 91.4 Å². The molecule has 4 aromatic rings. The van der Waals surface area contributed by atoms with Gasteiger partial charge in [0.2, 0.25) is 17.8 Å². The van der Waals surface area contributed by atoms with Crippen LogP contribution in [0.2, 0.25) is 5.02 Å². The topological polar surface area (TPSA) is 176 Å². The predicted octanol–water partition coefficient (Wildman–Crippen LogP) is 6.63. The molecule has 2 fully saturated rings. The van der Waals surface area contributed by atoms with Crippen molar-refractivity contribution in [2.45, 2.75) is 62.0 Å². The third-order valence-corrected chi connectivity index (χ3v) is 14.2. The number of hydrogen-bond donors (Lipinski definition) is 4. The Bertz CT molecular complexity index is 2240. The zero-order valence-corrected chi connectivity index (χ0v) is 35.6. The number of unbranched alkanes of at least 4 members (excludes halogenated alkanes) is 1. The lowest BCUT2D eigenvalue weighted by Gasteiger charge is -2.34. The summed E-state index contributed by atoms with van der Waals surface area (Å²) in [4.78, 5) is 51.2. The lowest BCUT2D eigenvalue weighted by atomic mass is 10.0. The van der Waals surface area contributed by atoms with Crippen LogP contribution in [0.25, 0.3) is 0 Å². The van der Waals surface area contributed by atoms with Crippen molar-refractivity contribution in [3.8, 4) is 5.75 Å². The number of nitrogens with one attached hydrogen (secondary N) is 4. The summed E-state index contributed by atoms with van der Waals surface area (Å²) >= 11 is 8.22. The van der Waals surface area contributed by atoms with Crippen molar-refractivity contribution in [2.24, 2.45) is 0 Å². The number of imide groups is 1. The third kappa shape index (κ3) is 9.69. The Morgan fingerprint density at radius 3 is 2.51 bits per heavy atom. The van der Waals surface area contributed by atoms with E-state index in [1.807, 2.05) is 24.3 Å². The minimum absolute atomic E-state index is 0.140. The molecule has 3 aliphatic rings. The summed E-state index contributed by atoms with van der Waals surface area (Å²) in [6.45, 7) is 3.15. The fraction of sp³-hybridized carbons (Fsp3) is 0.390. The average molecular weight is 863 g/mol. The van der Waals surface area contributed by atoms with Crippen LogP contribution in [0.3, 0.4) is 0 Å². The number of methoxy groups -OCH3 is 1. The lowest BCUT2D eigenvalue weighted by Crippen LogP contribution is -2.52. The molecule has 0 spiro atoms. The van der Waals surface area contributed by atoms with Gasteiger partial charge in [-0.2, -0.15) is 4.98 Å². The molecule has 3 aromatic carbocycles. The Morgan fingerprint density at radius 2 is 1.75 bits per heavy atom. The van der Waals surface area contributed by atoms with E-state index in [9.17, 15) is 18.9 Å². The van der Waals surface area contributed by atoms with Crippen molar-refractivity contribution in [1.29, 1.82) is 0 Å². The van der Waals surface area contributed by atoms with Crippen molar-refractivity contribution < 1.29 is 32.7 Å². The van der Waals surface area contributed by atoms with E-state index in [2.05, 4.69) is 48.3 Å². The van der Waals surface area contributed by atoms with Crippen LogP contribution < -0.4 is 36.2 Å². The monoisotopic (exact) mass is 862 g/mol. The van der Waals surface area contributed by atoms with Gasteiger partial charge in [0.15, 0.2) is 5.82 Å². The number of aromatic nitrogens is 2. The number of benzene rings is 3. The number of para-hydroxylation sites is 1. The summed E-state index contributed by atoms with van der Waals surface area (Å²) in [6, 6.07) is 18.6. The van der Waals surface area contributed by atoms with E-state index in [-0.39, 0.29) is 35.1 Å². The first-order chi connectivity index (χ1) is 28.6. The van der Waals surface area contributed by atoms with Crippen molar-refractivity contribution in [2.75, 3.05) is 62.3 Å². The molecule has 3 amide bonds. The molecule has 312 valence electrons. The van der Waals surface area contributed by atoms with Crippen LogP contribution >= 0.6 is 31.0 Å². The first-order valence-corrected chi connectivity index (χ1v) is 22.4. The molecule has 15 nitrogen and oxygen atoms in total. The zero-order chi connectivity index (χ0) is 41.5. The fourth-order valence-corrected chi connectivity index (χ4v) is 10.0. The number of nitrogens with zero attached hydrogens (tertiary/aromatic N) is 4. The second-order valence-corrected chi connectivity index (χ2v) is 18.1. The van der Waals surface area contributed by atoms with Crippen molar-refractivity contribution >= 4 is 82.8 Å². The summed E-state index contributed by atoms with van der Waals surface area (Å²) in [5, 5.41) is 13.1. The smallest absolute Gasteiger partial charge is 0.362 e. The number of carbonyl (C=O) groups excluding carboxylic acids is 3. The van der Waals surface area contributed by atoms with Gasteiger partial charge < -0.3 is 39.5 Å². The van der Waals surface area contributed by atoms with E-state index in [1.165, 1.54) is 20.4 Å². The maximum absolute atomic E-state index is 13.2. The highest BCUT2D eigenvalue weighted by molar-refractivity contribution is 7.99. The highest BCUT2D eigenvalue weighted by atomic mass is 35.5. The number of carbonyl (C=O) groups is 3. The second kappa shape index (κ2) is 19.1. The van der Waals surface area contributed by atoms with E-state index in [0.717, 1.165) is 67.2 Å². The summed E-state index contributed by atoms with van der Waals surface area (Å²) in [5.74, 6) is 1.34. The molecule has 0 bridgehead atoms. The quantitative estimate of drug-likeness (QED) is 0.0385. The Labute approximate surface area is 352 Å². The van der Waals surface area contributed by atoms with E-state index in [4.69, 9.17) is 25.4 Å². The van der Waals surface area contributed by atoms with Gasteiger partial charge in [0.25, 0.3) is 5.91 Å². The highest BCUT2D eigenvalue weighted by Gasteiger charge is 2.40. The number of fused-ring (bicyclic) bond motifs is 1. The van der Waals surface area contributed by atoms with E-state index in [0.29, 0.717) is 52.8 Å². The van der Waals surface area contributed by atoms with Crippen LogP contribution in [-0.2, 0) is 29.7 Å². The van der Waals surface area contributed by atoms with Gasteiger partial charge in [-0.05, 0) is 86.4 Å². The van der Waals surface area contributed by atoms with Gasteiger partial charge in [-0.15, -0.1) is 11.8 Å². The van der Waals surface area contributed by atoms with Crippen LogP contribution in [0, 0.1) is 0 Å². The predicted molar refractivity (Wildman–Crippen MR) is 230 cm³/mol. The largest absolute Gasteiger partial charge is 0.494 e. The van der Waals surface area contributed by atoms with E-state index < -0.39 is 13.6 Å². The minimum Gasteiger partial charge on any atom is -0.494 e. The standard InChI is InChI=1S/C41H48ClN8O7PS/c1-55-34-23-27(13-14-31(34)46-41-44-24-30(42)38(48-41)45-32-10-4-5-11-35(32)58(54,56-2)57-3)49-20-17-26(18-21-49)43-19-6-7-22-59-36-12-8-9-28-29(36)25-50(40(28)53)33-15-16-37(51)47-39(33)52/h4-5,8-14,23-24,26,33,43H,6-7,15-22,25H2,1-3H3,(H,47,51,52)(H2,44,45,46,48). The molecule has 1 unspecified atom stereocenters. The minimum atomic E-state index is -3.56. The SMILES string of the molecule is COc1cc(N2CCC(NCCCCSc3cccc4c3CN(C3CCC(=O)NC3=O)C4=O)CC2)ccc1Nc1ncc(Cl)c(Nc2ccccc2P(=O)(OC)OC)n1. The number of thioether (sulfide) groups is 1. The van der Waals surface area contributed by atoms with Gasteiger partial charge in [-0.1, -0.05) is 29.8 Å². The number of amides is 3. The van der Waals surface area contributed by atoms with Crippen molar-refractivity contribution in [1.82, 2.24) is 25.5 Å². The number of piperidine rings is 2. The third-order valence-electron chi connectivity index (χ3n) is 10.8. The average Bonchev–Trinajstić information content (AvgIpc) is 3.59. The Kier molecular flexibility index (Phi) is 13.8. The summed E-state index contributed by atoms with van der Waals surface area (Å²) in [6.07, 6.45) is 6.20. The Morgan fingerprint density at radius 1 is 0.949 bits per heavy atom. The lowest BCUT2D eigenvalue weighted by molar-refractivity contribution is -0.136. The summed E-state index contributed by atoms with van der Waals surface area (Å²) in [5.41, 5.74) is 3.84. The van der Waals surface area contributed by atoms with Crippen LogP contribution in [0.5, 0.6) is 5.75 Å². The molecule has 4 N–H and O–H groups in total. The first-order valence-electron chi connectivity index (χ1n) is 19.5. The molecule has 0 radical (unpaired) electrons. The van der Waals surface area contributed by atoms with Gasteiger partial charge in [0, 0.05) is 68.5 Å². The maximum atomic E-state index is 13.2. The van der Waals surface area contributed by atoms with Gasteiger partial charge >= 0.3 is 7.60 Å².